The molecule has 0 aromatic heterocycles. The molecule has 3 N–H and O–H groups in total. The predicted octanol–water partition coefficient (Wildman–Crippen LogP) is 0.747. The summed E-state index contributed by atoms with van der Waals surface area (Å²) in [6.45, 7) is 7.30. The van der Waals surface area contributed by atoms with Crippen molar-refractivity contribution in [2.24, 2.45) is 4.99 Å². The highest BCUT2D eigenvalue weighted by atomic mass is 32.2. The van der Waals surface area contributed by atoms with E-state index in [0.717, 1.165) is 31.9 Å². The molecule has 1 heterocycles. The van der Waals surface area contributed by atoms with Crippen molar-refractivity contribution in [2.45, 2.75) is 45.4 Å². The van der Waals surface area contributed by atoms with Gasteiger partial charge in [0.2, 0.25) is 10.0 Å². The summed E-state index contributed by atoms with van der Waals surface area (Å²) < 4.78 is 25.2. The summed E-state index contributed by atoms with van der Waals surface area (Å²) in [7, 11) is -1.33. The zero-order chi connectivity index (χ0) is 17.7. The van der Waals surface area contributed by atoms with Gasteiger partial charge >= 0.3 is 0 Å². The molecule has 24 heavy (non-hydrogen) atoms. The maximum atomic E-state index is 11.3. The van der Waals surface area contributed by atoms with E-state index in [4.69, 9.17) is 0 Å². The molecule has 0 unspecified atom stereocenters. The minimum atomic E-state index is -3.09. The first-order valence-electron chi connectivity index (χ1n) is 9.21. The van der Waals surface area contributed by atoms with Crippen LogP contribution in [0.5, 0.6) is 0 Å². The van der Waals surface area contributed by atoms with Crippen LogP contribution >= 0.6 is 0 Å². The van der Waals surface area contributed by atoms with Gasteiger partial charge in [0, 0.05) is 26.7 Å². The van der Waals surface area contributed by atoms with Crippen LogP contribution in [0.25, 0.3) is 0 Å². The molecule has 0 spiro atoms. The van der Waals surface area contributed by atoms with Crippen LogP contribution in [0, 0.1) is 0 Å². The van der Waals surface area contributed by atoms with E-state index in [0.29, 0.717) is 13.1 Å². The van der Waals surface area contributed by atoms with E-state index in [1.54, 1.807) is 14.0 Å². The van der Waals surface area contributed by atoms with Gasteiger partial charge in [-0.2, -0.15) is 0 Å². The molecule has 142 valence electrons. The second-order valence-electron chi connectivity index (χ2n) is 6.19. The summed E-state index contributed by atoms with van der Waals surface area (Å²) in [4.78, 5) is 6.75. The quantitative estimate of drug-likeness (QED) is 0.304. The number of nitrogens with zero attached hydrogens (tertiary/aromatic N) is 2. The lowest BCUT2D eigenvalue weighted by Gasteiger charge is -2.20. The number of nitrogens with one attached hydrogen (secondary N) is 3. The van der Waals surface area contributed by atoms with E-state index in [2.05, 4.69) is 25.2 Å². The number of likely N-dealkylation sites (tertiary alicyclic amines) is 1. The highest BCUT2D eigenvalue weighted by Crippen LogP contribution is 2.09. The van der Waals surface area contributed by atoms with E-state index in [-0.39, 0.29) is 5.75 Å². The topological polar surface area (TPSA) is 85.8 Å². The summed E-state index contributed by atoms with van der Waals surface area (Å²) >= 11 is 0. The van der Waals surface area contributed by atoms with Crippen molar-refractivity contribution in [1.82, 2.24) is 20.3 Å². The molecule has 0 bridgehead atoms. The first-order valence-corrected chi connectivity index (χ1v) is 10.9. The molecule has 0 atom stereocenters. The molecule has 1 aliphatic rings. The molecule has 1 saturated heterocycles. The van der Waals surface area contributed by atoms with Gasteiger partial charge in [-0.25, -0.2) is 13.1 Å². The highest BCUT2D eigenvalue weighted by Gasteiger charge is 2.08. The summed E-state index contributed by atoms with van der Waals surface area (Å²) in [5, 5.41) is 6.53. The van der Waals surface area contributed by atoms with Crippen molar-refractivity contribution >= 4 is 16.0 Å². The Bertz CT molecular complexity index is 445. The Balaban J connectivity index is 2.06. The van der Waals surface area contributed by atoms with Gasteiger partial charge in [0.15, 0.2) is 5.96 Å². The van der Waals surface area contributed by atoms with E-state index in [9.17, 15) is 8.42 Å². The minimum absolute atomic E-state index is 0.126. The smallest absolute Gasteiger partial charge is 0.211 e. The van der Waals surface area contributed by atoms with Gasteiger partial charge < -0.3 is 15.5 Å². The molecular formula is C16H35N5O2S. The average molecular weight is 362 g/mol. The Hall–Kier alpha value is -0.860. The maximum Gasteiger partial charge on any atom is 0.211 e. The van der Waals surface area contributed by atoms with Crippen LogP contribution in [0.3, 0.4) is 0 Å². The molecule has 1 fully saturated rings. The molecule has 0 saturated carbocycles. The van der Waals surface area contributed by atoms with Crippen LogP contribution in [0.1, 0.15) is 45.4 Å². The highest BCUT2D eigenvalue weighted by molar-refractivity contribution is 7.89. The first-order chi connectivity index (χ1) is 11.6. The molecule has 1 rings (SSSR count). The fraction of sp³-hybridized carbons (Fsp3) is 0.938. The number of rotatable bonds is 10. The van der Waals surface area contributed by atoms with Gasteiger partial charge in [-0.15, -0.1) is 0 Å². The summed E-state index contributed by atoms with van der Waals surface area (Å²) in [5.74, 6) is 0.907. The van der Waals surface area contributed by atoms with Gasteiger partial charge in [0.05, 0.1) is 5.75 Å². The Morgan fingerprint density at radius 1 is 1.00 bits per heavy atom. The molecular weight excluding hydrogens is 326 g/mol. The molecule has 0 aromatic rings. The summed E-state index contributed by atoms with van der Waals surface area (Å²) in [6, 6.07) is 0. The second kappa shape index (κ2) is 12.5. The fourth-order valence-electron chi connectivity index (χ4n) is 2.71. The molecule has 7 nitrogen and oxygen atoms in total. The van der Waals surface area contributed by atoms with E-state index >= 15 is 0 Å². The zero-order valence-corrected chi connectivity index (χ0v) is 16.1. The zero-order valence-electron chi connectivity index (χ0n) is 15.3. The van der Waals surface area contributed by atoms with Crippen molar-refractivity contribution in [2.75, 3.05) is 52.1 Å². The van der Waals surface area contributed by atoms with Gasteiger partial charge in [0.25, 0.3) is 0 Å². The number of hydrogen-bond acceptors (Lipinski definition) is 4. The van der Waals surface area contributed by atoms with Crippen LogP contribution in [-0.2, 0) is 10.0 Å². The standard InChI is InChI=1S/C16H35N5O2S/c1-3-24(22,23)20-12-8-10-18-16(17-2)19-11-9-15-21-13-6-4-5-7-14-21/h20H,3-15H2,1-2H3,(H2,17,18,19). The summed E-state index contributed by atoms with van der Waals surface area (Å²) in [5.41, 5.74) is 0. The van der Waals surface area contributed by atoms with Gasteiger partial charge in [0.1, 0.15) is 0 Å². The van der Waals surface area contributed by atoms with Gasteiger partial charge in [-0.3, -0.25) is 4.99 Å². The third-order valence-electron chi connectivity index (χ3n) is 4.21. The Labute approximate surface area is 147 Å². The SMILES string of the molecule is CCS(=O)(=O)NCCCNC(=NC)NCCCN1CCCCCC1. The normalized spacial score (nSPS) is 17.5. The van der Waals surface area contributed by atoms with Crippen molar-refractivity contribution in [1.29, 1.82) is 0 Å². The Morgan fingerprint density at radius 3 is 2.21 bits per heavy atom. The number of aliphatic imine (C=N–C) groups is 1. The van der Waals surface area contributed by atoms with Crippen LogP contribution in [-0.4, -0.2) is 71.3 Å². The lowest BCUT2D eigenvalue weighted by Crippen LogP contribution is -2.40. The molecule has 0 amide bonds. The lowest BCUT2D eigenvalue weighted by atomic mass is 10.2. The van der Waals surface area contributed by atoms with Crippen LogP contribution in [0.15, 0.2) is 4.99 Å². The Morgan fingerprint density at radius 2 is 1.62 bits per heavy atom. The molecule has 0 aliphatic carbocycles. The third kappa shape index (κ3) is 10.1. The minimum Gasteiger partial charge on any atom is -0.356 e. The van der Waals surface area contributed by atoms with Gasteiger partial charge in [-0.05, 0) is 52.2 Å². The average Bonchev–Trinajstić information content (AvgIpc) is 2.85. The van der Waals surface area contributed by atoms with Crippen molar-refractivity contribution in [3.8, 4) is 0 Å². The predicted molar refractivity (Wildman–Crippen MR) is 101 cm³/mol. The number of hydrogen-bond donors (Lipinski definition) is 3. The van der Waals surface area contributed by atoms with Crippen LogP contribution in [0.2, 0.25) is 0 Å². The fourth-order valence-corrected chi connectivity index (χ4v) is 3.37. The summed E-state index contributed by atoms with van der Waals surface area (Å²) in [6.07, 6.45) is 7.25. The van der Waals surface area contributed by atoms with E-state index in [1.807, 2.05) is 0 Å². The second-order valence-corrected chi connectivity index (χ2v) is 8.28. The largest absolute Gasteiger partial charge is 0.356 e. The monoisotopic (exact) mass is 361 g/mol. The third-order valence-corrected chi connectivity index (χ3v) is 5.62. The van der Waals surface area contributed by atoms with Gasteiger partial charge in [-0.1, -0.05) is 12.8 Å². The molecule has 0 aromatic carbocycles. The molecule has 1 aliphatic heterocycles. The lowest BCUT2D eigenvalue weighted by molar-refractivity contribution is 0.282. The molecule has 8 heteroatoms. The van der Waals surface area contributed by atoms with Crippen molar-refractivity contribution in [3.63, 3.8) is 0 Å². The first kappa shape index (κ1) is 21.2. The number of sulfonamides is 1. The van der Waals surface area contributed by atoms with Crippen molar-refractivity contribution < 1.29 is 8.42 Å². The number of guanidine groups is 1. The van der Waals surface area contributed by atoms with Crippen LogP contribution < -0.4 is 15.4 Å². The maximum absolute atomic E-state index is 11.3. The van der Waals surface area contributed by atoms with Crippen molar-refractivity contribution in [3.05, 3.63) is 0 Å². The van der Waals surface area contributed by atoms with E-state index < -0.39 is 10.0 Å². The molecule has 0 radical (unpaired) electrons. The Kier molecular flexibility index (Phi) is 11.0. The van der Waals surface area contributed by atoms with E-state index in [1.165, 1.54) is 38.8 Å². The van der Waals surface area contributed by atoms with Crippen LogP contribution in [0.4, 0.5) is 0 Å².